The second-order valence-corrected chi connectivity index (χ2v) is 5.62. The maximum absolute atomic E-state index is 6.00. The highest BCUT2D eigenvalue weighted by molar-refractivity contribution is 7.97. The Balaban J connectivity index is 1.95. The van der Waals surface area contributed by atoms with Gasteiger partial charge in [0.2, 0.25) is 0 Å². The fourth-order valence-corrected chi connectivity index (χ4v) is 3.10. The Kier molecular flexibility index (Phi) is 4.89. The Morgan fingerprint density at radius 1 is 1.12 bits per heavy atom. The summed E-state index contributed by atoms with van der Waals surface area (Å²) in [5, 5.41) is 0. The predicted octanol–water partition coefficient (Wildman–Crippen LogP) is 3.58. The second kappa shape index (κ2) is 6.43. The minimum Gasteiger partial charge on any atom is -0.372 e. The number of hydrogen-bond donors (Lipinski definition) is 0. The van der Waals surface area contributed by atoms with Crippen molar-refractivity contribution in [1.82, 2.24) is 4.31 Å². The average molecular weight is 251 g/mol. The van der Waals surface area contributed by atoms with E-state index in [1.54, 1.807) is 0 Å². The van der Waals surface area contributed by atoms with Crippen LogP contribution in [0.1, 0.15) is 26.7 Å². The monoisotopic (exact) mass is 251 g/mol. The van der Waals surface area contributed by atoms with E-state index in [4.69, 9.17) is 4.74 Å². The standard InChI is InChI=1S/C14H21NOS/c1-3-12-10-15(11-13(4-2)16-12)17-14-8-6-5-7-9-14/h5-9,12-13H,3-4,10-11H2,1-2H3. The van der Waals surface area contributed by atoms with Crippen LogP contribution in [0.5, 0.6) is 0 Å². The van der Waals surface area contributed by atoms with Crippen molar-refractivity contribution in [2.24, 2.45) is 0 Å². The molecule has 2 rings (SSSR count). The molecule has 0 saturated carbocycles. The molecular formula is C14H21NOS. The zero-order valence-corrected chi connectivity index (χ0v) is 11.5. The third kappa shape index (κ3) is 3.73. The van der Waals surface area contributed by atoms with Crippen LogP contribution in [0.3, 0.4) is 0 Å². The highest BCUT2D eigenvalue weighted by Gasteiger charge is 2.26. The summed E-state index contributed by atoms with van der Waals surface area (Å²) in [4.78, 5) is 1.32. The molecule has 3 heteroatoms. The molecule has 94 valence electrons. The summed E-state index contributed by atoms with van der Waals surface area (Å²) in [5.74, 6) is 0. The van der Waals surface area contributed by atoms with Crippen molar-refractivity contribution < 1.29 is 4.74 Å². The van der Waals surface area contributed by atoms with E-state index < -0.39 is 0 Å². The second-order valence-electron chi connectivity index (χ2n) is 4.45. The number of rotatable bonds is 4. The Morgan fingerprint density at radius 3 is 2.24 bits per heavy atom. The van der Waals surface area contributed by atoms with Crippen LogP contribution in [-0.2, 0) is 4.74 Å². The zero-order chi connectivity index (χ0) is 12.1. The Labute approximate surface area is 108 Å². The summed E-state index contributed by atoms with van der Waals surface area (Å²) < 4.78 is 8.44. The third-order valence-corrected chi connectivity index (χ3v) is 4.13. The maximum atomic E-state index is 6.00. The first-order chi connectivity index (χ1) is 8.31. The predicted molar refractivity (Wildman–Crippen MR) is 73.1 cm³/mol. The molecule has 1 heterocycles. The van der Waals surface area contributed by atoms with Crippen molar-refractivity contribution in [2.45, 2.75) is 43.8 Å². The van der Waals surface area contributed by atoms with Crippen molar-refractivity contribution in [3.8, 4) is 0 Å². The fourth-order valence-electron chi connectivity index (χ4n) is 2.04. The van der Waals surface area contributed by atoms with E-state index in [1.165, 1.54) is 4.90 Å². The maximum Gasteiger partial charge on any atom is 0.0713 e. The molecular weight excluding hydrogens is 230 g/mol. The quantitative estimate of drug-likeness (QED) is 0.759. The van der Waals surface area contributed by atoms with Crippen LogP contribution in [0.25, 0.3) is 0 Å². The number of benzene rings is 1. The number of nitrogens with zero attached hydrogens (tertiary/aromatic N) is 1. The molecule has 0 aromatic heterocycles. The molecule has 1 fully saturated rings. The lowest BCUT2D eigenvalue weighted by molar-refractivity contribution is -0.0626. The molecule has 1 saturated heterocycles. The van der Waals surface area contributed by atoms with Crippen LogP contribution in [0.4, 0.5) is 0 Å². The summed E-state index contributed by atoms with van der Waals surface area (Å²) in [7, 11) is 0. The van der Waals surface area contributed by atoms with E-state index in [9.17, 15) is 0 Å². The summed E-state index contributed by atoms with van der Waals surface area (Å²) in [6.45, 7) is 6.47. The number of hydrogen-bond acceptors (Lipinski definition) is 3. The first-order valence-electron chi connectivity index (χ1n) is 6.45. The van der Waals surface area contributed by atoms with Crippen LogP contribution in [0.2, 0.25) is 0 Å². The normalized spacial score (nSPS) is 26.0. The molecule has 1 aliphatic heterocycles. The van der Waals surface area contributed by atoms with Gasteiger partial charge in [0.1, 0.15) is 0 Å². The van der Waals surface area contributed by atoms with Gasteiger partial charge >= 0.3 is 0 Å². The zero-order valence-electron chi connectivity index (χ0n) is 10.6. The van der Waals surface area contributed by atoms with Gasteiger partial charge in [-0.1, -0.05) is 32.0 Å². The Hall–Kier alpha value is -0.510. The molecule has 0 N–H and O–H groups in total. The largest absolute Gasteiger partial charge is 0.372 e. The van der Waals surface area contributed by atoms with Crippen molar-refractivity contribution in [2.75, 3.05) is 13.1 Å². The van der Waals surface area contributed by atoms with Crippen molar-refractivity contribution in [3.63, 3.8) is 0 Å². The van der Waals surface area contributed by atoms with E-state index in [1.807, 2.05) is 11.9 Å². The van der Waals surface area contributed by atoms with Gasteiger partial charge in [-0.05, 0) is 36.9 Å². The van der Waals surface area contributed by atoms with Gasteiger partial charge in [-0.3, -0.25) is 0 Å². The van der Waals surface area contributed by atoms with E-state index in [2.05, 4.69) is 48.5 Å². The molecule has 2 nitrogen and oxygen atoms in total. The molecule has 2 atom stereocenters. The van der Waals surface area contributed by atoms with E-state index >= 15 is 0 Å². The highest BCUT2D eigenvalue weighted by atomic mass is 32.2. The average Bonchev–Trinajstić information content (AvgIpc) is 2.39. The lowest BCUT2D eigenvalue weighted by atomic mass is 10.2. The Morgan fingerprint density at radius 2 is 1.71 bits per heavy atom. The minimum absolute atomic E-state index is 0.393. The van der Waals surface area contributed by atoms with E-state index in [-0.39, 0.29) is 0 Å². The third-order valence-electron chi connectivity index (χ3n) is 3.09. The van der Waals surface area contributed by atoms with E-state index in [0.717, 1.165) is 25.9 Å². The van der Waals surface area contributed by atoms with Gasteiger partial charge in [-0.25, -0.2) is 4.31 Å². The molecule has 0 bridgehead atoms. The molecule has 0 spiro atoms. The summed E-state index contributed by atoms with van der Waals surface area (Å²) in [5.41, 5.74) is 0. The van der Waals surface area contributed by atoms with Gasteiger partial charge in [0, 0.05) is 18.0 Å². The van der Waals surface area contributed by atoms with E-state index in [0.29, 0.717) is 12.2 Å². The summed E-state index contributed by atoms with van der Waals surface area (Å²) in [6, 6.07) is 10.6. The first kappa shape index (κ1) is 12.9. The van der Waals surface area contributed by atoms with Crippen LogP contribution in [0, 0.1) is 0 Å². The van der Waals surface area contributed by atoms with Crippen molar-refractivity contribution >= 4 is 11.9 Å². The molecule has 2 unspecified atom stereocenters. The lowest BCUT2D eigenvalue weighted by Crippen LogP contribution is -2.43. The molecule has 1 aromatic carbocycles. The van der Waals surface area contributed by atoms with Gasteiger partial charge in [-0.15, -0.1) is 0 Å². The molecule has 0 aliphatic carbocycles. The highest BCUT2D eigenvalue weighted by Crippen LogP contribution is 2.27. The van der Waals surface area contributed by atoms with Gasteiger partial charge in [0.05, 0.1) is 12.2 Å². The lowest BCUT2D eigenvalue weighted by Gasteiger charge is -2.36. The van der Waals surface area contributed by atoms with Crippen molar-refractivity contribution in [1.29, 1.82) is 0 Å². The molecule has 1 aliphatic rings. The summed E-state index contributed by atoms with van der Waals surface area (Å²) >= 11 is 1.86. The van der Waals surface area contributed by atoms with Crippen LogP contribution < -0.4 is 0 Å². The minimum atomic E-state index is 0.393. The van der Waals surface area contributed by atoms with Gasteiger partial charge in [0.25, 0.3) is 0 Å². The molecule has 0 radical (unpaired) electrons. The number of ether oxygens (including phenoxy) is 1. The molecule has 17 heavy (non-hydrogen) atoms. The van der Waals surface area contributed by atoms with Crippen LogP contribution in [0.15, 0.2) is 35.2 Å². The number of morpholine rings is 1. The topological polar surface area (TPSA) is 12.5 Å². The van der Waals surface area contributed by atoms with Crippen LogP contribution in [-0.4, -0.2) is 29.6 Å². The molecule has 0 amide bonds. The smallest absolute Gasteiger partial charge is 0.0713 e. The van der Waals surface area contributed by atoms with Gasteiger partial charge < -0.3 is 4.74 Å². The fraction of sp³-hybridized carbons (Fsp3) is 0.571. The van der Waals surface area contributed by atoms with Crippen LogP contribution >= 0.6 is 11.9 Å². The SMILES string of the molecule is CCC1CN(Sc2ccccc2)CC(CC)O1. The molecule has 1 aromatic rings. The van der Waals surface area contributed by atoms with Crippen molar-refractivity contribution in [3.05, 3.63) is 30.3 Å². The first-order valence-corrected chi connectivity index (χ1v) is 7.22. The summed E-state index contributed by atoms with van der Waals surface area (Å²) in [6.07, 6.45) is 2.99. The van der Waals surface area contributed by atoms with Gasteiger partial charge in [-0.2, -0.15) is 0 Å². The van der Waals surface area contributed by atoms with Gasteiger partial charge in [0.15, 0.2) is 0 Å². The Bertz CT molecular complexity index is 318.